The molecule has 0 radical (unpaired) electrons. The van der Waals surface area contributed by atoms with Gasteiger partial charge in [0.25, 0.3) is 0 Å². The summed E-state index contributed by atoms with van der Waals surface area (Å²) < 4.78 is 0. The molecule has 0 bridgehead atoms. The molecule has 1 unspecified atom stereocenters. The van der Waals surface area contributed by atoms with E-state index in [1.165, 1.54) is 18.4 Å². The number of rotatable bonds is 6. The van der Waals surface area contributed by atoms with Crippen molar-refractivity contribution in [1.29, 1.82) is 0 Å². The Labute approximate surface area is 97.7 Å². The average Bonchev–Trinajstić information content (AvgIpc) is 3.13. The third kappa shape index (κ3) is 3.32. The predicted octanol–water partition coefficient (Wildman–Crippen LogP) is 1.98. The highest BCUT2D eigenvalue weighted by atomic mass is 16.3. The topological polar surface area (TPSA) is 32.3 Å². The number of hydrogen-bond acceptors (Lipinski definition) is 2. The van der Waals surface area contributed by atoms with Gasteiger partial charge in [-0.3, -0.25) is 0 Å². The van der Waals surface area contributed by atoms with Gasteiger partial charge in [-0.15, -0.1) is 0 Å². The highest BCUT2D eigenvalue weighted by Crippen LogP contribution is 2.34. The van der Waals surface area contributed by atoms with E-state index in [1.54, 1.807) is 0 Å². The second kappa shape index (κ2) is 5.46. The molecule has 2 atom stereocenters. The highest BCUT2D eigenvalue weighted by Gasteiger charge is 2.31. The monoisotopic (exact) mass is 219 g/mol. The van der Waals surface area contributed by atoms with Crippen molar-refractivity contribution in [2.45, 2.75) is 38.3 Å². The van der Waals surface area contributed by atoms with Crippen LogP contribution in [-0.2, 0) is 6.42 Å². The lowest BCUT2D eigenvalue weighted by atomic mass is 10.0. The fourth-order valence-electron chi connectivity index (χ4n) is 2.15. The zero-order chi connectivity index (χ0) is 11.4. The van der Waals surface area contributed by atoms with Gasteiger partial charge in [-0.25, -0.2) is 0 Å². The van der Waals surface area contributed by atoms with Crippen LogP contribution in [-0.4, -0.2) is 23.8 Å². The molecule has 1 aliphatic carbocycles. The van der Waals surface area contributed by atoms with E-state index < -0.39 is 0 Å². The Kier molecular flexibility index (Phi) is 3.97. The lowest BCUT2D eigenvalue weighted by Crippen LogP contribution is -2.41. The van der Waals surface area contributed by atoms with Crippen molar-refractivity contribution in [2.75, 3.05) is 6.61 Å². The Morgan fingerprint density at radius 2 is 2.00 bits per heavy atom. The van der Waals surface area contributed by atoms with Gasteiger partial charge in [0.05, 0.1) is 6.61 Å². The first-order valence-corrected chi connectivity index (χ1v) is 6.20. The minimum atomic E-state index is 0.203. The summed E-state index contributed by atoms with van der Waals surface area (Å²) in [5.74, 6) is 0.814. The van der Waals surface area contributed by atoms with Gasteiger partial charge in [0.15, 0.2) is 0 Å². The summed E-state index contributed by atoms with van der Waals surface area (Å²) in [6, 6.07) is 11.3. The van der Waals surface area contributed by atoms with Crippen LogP contribution in [0.3, 0.4) is 0 Å². The Balaban J connectivity index is 1.92. The molecule has 2 heteroatoms. The lowest BCUT2D eigenvalue weighted by Gasteiger charge is -2.22. The van der Waals surface area contributed by atoms with Crippen molar-refractivity contribution in [1.82, 2.24) is 5.32 Å². The minimum Gasteiger partial charge on any atom is -0.395 e. The van der Waals surface area contributed by atoms with Crippen molar-refractivity contribution >= 4 is 0 Å². The summed E-state index contributed by atoms with van der Waals surface area (Å²) >= 11 is 0. The second-order valence-electron chi connectivity index (χ2n) is 4.88. The molecule has 0 amide bonds. The van der Waals surface area contributed by atoms with Crippen molar-refractivity contribution < 1.29 is 5.11 Å². The molecule has 0 saturated heterocycles. The molecule has 1 aromatic rings. The van der Waals surface area contributed by atoms with Crippen LogP contribution < -0.4 is 5.32 Å². The van der Waals surface area contributed by atoms with Gasteiger partial charge in [-0.2, -0.15) is 0 Å². The summed E-state index contributed by atoms with van der Waals surface area (Å²) in [5, 5.41) is 12.6. The van der Waals surface area contributed by atoms with Gasteiger partial charge in [-0.05, 0) is 37.7 Å². The van der Waals surface area contributed by atoms with E-state index in [-0.39, 0.29) is 12.6 Å². The molecule has 0 aromatic heterocycles. The van der Waals surface area contributed by atoms with Gasteiger partial charge in [0, 0.05) is 12.1 Å². The zero-order valence-corrected chi connectivity index (χ0v) is 9.89. The highest BCUT2D eigenvalue weighted by molar-refractivity contribution is 5.16. The van der Waals surface area contributed by atoms with Gasteiger partial charge >= 0.3 is 0 Å². The van der Waals surface area contributed by atoms with Gasteiger partial charge in [0.1, 0.15) is 0 Å². The molecule has 0 aliphatic heterocycles. The first-order chi connectivity index (χ1) is 7.79. The third-order valence-corrected chi connectivity index (χ3v) is 3.26. The van der Waals surface area contributed by atoms with Crippen molar-refractivity contribution in [3.05, 3.63) is 35.9 Å². The zero-order valence-electron chi connectivity index (χ0n) is 9.89. The van der Waals surface area contributed by atoms with Gasteiger partial charge < -0.3 is 10.4 Å². The number of aliphatic hydroxyl groups is 1. The van der Waals surface area contributed by atoms with Crippen LogP contribution in [0, 0.1) is 5.92 Å². The molecule has 0 spiro atoms. The minimum absolute atomic E-state index is 0.203. The third-order valence-electron chi connectivity index (χ3n) is 3.26. The molecule has 2 rings (SSSR count). The van der Waals surface area contributed by atoms with Crippen LogP contribution >= 0.6 is 0 Å². The van der Waals surface area contributed by atoms with E-state index in [0.29, 0.717) is 6.04 Å². The van der Waals surface area contributed by atoms with E-state index in [4.69, 9.17) is 5.11 Å². The molecular formula is C14H21NO. The fourth-order valence-corrected chi connectivity index (χ4v) is 2.15. The maximum atomic E-state index is 9.09. The maximum Gasteiger partial charge on any atom is 0.0582 e. The molecular weight excluding hydrogens is 198 g/mol. The molecule has 1 saturated carbocycles. The Morgan fingerprint density at radius 3 is 2.56 bits per heavy atom. The molecule has 1 aromatic carbocycles. The van der Waals surface area contributed by atoms with E-state index in [0.717, 1.165) is 12.3 Å². The van der Waals surface area contributed by atoms with E-state index in [1.807, 2.05) is 6.92 Å². The van der Waals surface area contributed by atoms with Crippen LogP contribution in [0.1, 0.15) is 25.3 Å². The average molecular weight is 219 g/mol. The maximum absolute atomic E-state index is 9.09. The Bertz CT molecular complexity index is 308. The fraction of sp³-hybridized carbons (Fsp3) is 0.571. The summed E-state index contributed by atoms with van der Waals surface area (Å²) in [6.07, 6.45) is 3.75. The second-order valence-corrected chi connectivity index (χ2v) is 4.88. The van der Waals surface area contributed by atoms with Crippen LogP contribution in [0.4, 0.5) is 0 Å². The number of nitrogens with one attached hydrogen (secondary N) is 1. The SMILES string of the molecule is C[C@H](CO)NC(Cc1ccccc1)C1CC1. The molecule has 1 aliphatic rings. The van der Waals surface area contributed by atoms with Crippen molar-refractivity contribution in [3.63, 3.8) is 0 Å². The molecule has 1 fully saturated rings. The van der Waals surface area contributed by atoms with E-state index in [2.05, 4.69) is 35.6 Å². The van der Waals surface area contributed by atoms with Gasteiger partial charge in [-0.1, -0.05) is 30.3 Å². The molecule has 2 N–H and O–H groups in total. The summed E-state index contributed by atoms with van der Waals surface area (Å²) in [7, 11) is 0. The number of aliphatic hydroxyl groups excluding tert-OH is 1. The van der Waals surface area contributed by atoms with Gasteiger partial charge in [0.2, 0.25) is 0 Å². The van der Waals surface area contributed by atoms with E-state index in [9.17, 15) is 0 Å². The Hall–Kier alpha value is -0.860. The summed E-state index contributed by atoms with van der Waals surface area (Å²) in [5.41, 5.74) is 1.39. The smallest absolute Gasteiger partial charge is 0.0582 e. The van der Waals surface area contributed by atoms with Crippen molar-refractivity contribution in [3.8, 4) is 0 Å². The summed E-state index contributed by atoms with van der Waals surface area (Å²) in [6.45, 7) is 2.26. The molecule has 2 nitrogen and oxygen atoms in total. The number of hydrogen-bond donors (Lipinski definition) is 2. The van der Waals surface area contributed by atoms with Crippen molar-refractivity contribution in [2.24, 2.45) is 5.92 Å². The van der Waals surface area contributed by atoms with Crippen LogP contribution in [0.2, 0.25) is 0 Å². The predicted molar refractivity (Wildman–Crippen MR) is 66.3 cm³/mol. The first kappa shape index (κ1) is 11.6. The lowest BCUT2D eigenvalue weighted by molar-refractivity contribution is 0.235. The quantitative estimate of drug-likeness (QED) is 0.767. The van der Waals surface area contributed by atoms with Crippen LogP contribution in [0.25, 0.3) is 0 Å². The first-order valence-electron chi connectivity index (χ1n) is 6.20. The molecule has 0 heterocycles. The molecule has 16 heavy (non-hydrogen) atoms. The number of benzene rings is 1. The largest absolute Gasteiger partial charge is 0.395 e. The standard InChI is InChI=1S/C14H21NO/c1-11(10-16)15-14(13-7-8-13)9-12-5-3-2-4-6-12/h2-6,11,13-16H,7-10H2,1H3/t11-,14?/m1/s1. The Morgan fingerprint density at radius 1 is 1.31 bits per heavy atom. The van der Waals surface area contributed by atoms with Crippen LogP contribution in [0.15, 0.2) is 30.3 Å². The van der Waals surface area contributed by atoms with E-state index >= 15 is 0 Å². The normalized spacial score (nSPS) is 19.4. The molecule has 88 valence electrons. The summed E-state index contributed by atoms with van der Waals surface area (Å²) in [4.78, 5) is 0. The van der Waals surface area contributed by atoms with Crippen LogP contribution in [0.5, 0.6) is 0 Å².